The predicted molar refractivity (Wildman–Crippen MR) is 31.4 cm³/mol. The van der Waals surface area contributed by atoms with Crippen molar-refractivity contribution in [2.45, 2.75) is 0 Å². The molecule has 0 aliphatic heterocycles. The van der Waals surface area contributed by atoms with Crippen LogP contribution in [0.4, 0.5) is 0 Å². The van der Waals surface area contributed by atoms with Gasteiger partial charge in [-0.25, -0.2) is 0 Å². The minimum absolute atomic E-state index is 0. The molecule has 0 aliphatic rings. The standard InChI is InChI=1S/CH2OS2.K.H/c2-1(3)4;;/h(H2,2,3,4);;. The molecule has 0 heterocycles. The van der Waals surface area contributed by atoms with Crippen LogP contribution >= 0.6 is 24.8 Å². The molecular weight excluding hydrogens is 131 g/mol. The van der Waals surface area contributed by atoms with Crippen LogP contribution in [-0.2, 0) is 0 Å². The number of rotatable bonds is 0. The van der Waals surface area contributed by atoms with Crippen molar-refractivity contribution >= 4 is 80.6 Å². The van der Waals surface area contributed by atoms with E-state index in [0.717, 1.165) is 0 Å². The van der Waals surface area contributed by atoms with Crippen molar-refractivity contribution in [1.29, 1.82) is 0 Å². The van der Waals surface area contributed by atoms with Crippen molar-refractivity contribution in [1.82, 2.24) is 0 Å². The van der Waals surface area contributed by atoms with Crippen LogP contribution in [0.1, 0.15) is 0 Å². The van der Waals surface area contributed by atoms with Crippen molar-refractivity contribution in [3.63, 3.8) is 0 Å². The second-order valence-electron chi connectivity index (χ2n) is 0.283. The molecule has 0 radical (unpaired) electrons. The summed E-state index contributed by atoms with van der Waals surface area (Å²) in [6.07, 6.45) is 0. The van der Waals surface area contributed by atoms with Crippen molar-refractivity contribution in [3.8, 4) is 0 Å². The zero-order valence-electron chi connectivity index (χ0n) is 1.80. The summed E-state index contributed by atoms with van der Waals surface area (Å²) < 4.78 is -0.306. The summed E-state index contributed by atoms with van der Waals surface area (Å²) in [6.45, 7) is 0. The SMILES string of the molecule is OC(=S)S.[KH]. The molecule has 0 bridgehead atoms. The van der Waals surface area contributed by atoms with E-state index < -0.39 is 0 Å². The average Bonchev–Trinajstić information content (AvgIpc) is 0.811. The molecule has 0 fully saturated rings. The quantitative estimate of drug-likeness (QED) is 0.279. The molecule has 0 aromatic carbocycles. The first-order valence-corrected chi connectivity index (χ1v) is 1.51. The van der Waals surface area contributed by atoms with Crippen LogP contribution < -0.4 is 0 Å². The molecule has 1 nitrogen and oxygen atoms in total. The molecule has 5 heavy (non-hydrogen) atoms. The zero-order chi connectivity index (χ0) is 3.58. The number of thiocarbonyl (C=S) groups is 1. The van der Waals surface area contributed by atoms with Gasteiger partial charge >= 0.3 is 51.4 Å². The van der Waals surface area contributed by atoms with Gasteiger partial charge in [-0.05, 0) is 12.2 Å². The summed E-state index contributed by atoms with van der Waals surface area (Å²) >= 11 is 7.21. The number of hydrogen-bond donors (Lipinski definition) is 2. The first kappa shape index (κ1) is 9.99. The molecule has 1 N–H and O–H groups in total. The van der Waals surface area contributed by atoms with Gasteiger partial charge in [-0.15, -0.1) is 0 Å². The Morgan fingerprint density at radius 3 is 1.80 bits per heavy atom. The minimum atomic E-state index is -0.306. The molecule has 0 rings (SSSR count). The topological polar surface area (TPSA) is 20.2 Å². The van der Waals surface area contributed by atoms with Gasteiger partial charge in [0, 0.05) is 0 Å². The van der Waals surface area contributed by atoms with Gasteiger partial charge in [0.25, 0.3) is 0 Å². The summed E-state index contributed by atoms with van der Waals surface area (Å²) in [5.74, 6) is 0. The molecule has 0 aromatic rings. The monoisotopic (exact) mass is 134 g/mol. The average molecular weight is 134 g/mol. The Morgan fingerprint density at radius 1 is 1.80 bits per heavy atom. The van der Waals surface area contributed by atoms with E-state index in [2.05, 4.69) is 24.8 Å². The molecule has 0 aromatic heterocycles. The fourth-order valence-corrected chi connectivity index (χ4v) is 0. The molecule has 0 amide bonds. The molecule has 4 heteroatoms. The number of aliphatic hydroxyl groups is 1. The number of aliphatic hydroxyl groups excluding tert-OH is 1. The van der Waals surface area contributed by atoms with Gasteiger partial charge in [0.15, 0.2) is 0 Å². The zero-order valence-corrected chi connectivity index (χ0v) is 3.51. The first-order valence-electron chi connectivity index (χ1n) is 0.651. The van der Waals surface area contributed by atoms with E-state index >= 15 is 0 Å². The van der Waals surface area contributed by atoms with E-state index in [0.29, 0.717) is 0 Å². The van der Waals surface area contributed by atoms with Gasteiger partial charge in [-0.1, -0.05) is 12.6 Å². The fourth-order valence-electron chi connectivity index (χ4n) is 0. The Morgan fingerprint density at radius 2 is 1.80 bits per heavy atom. The van der Waals surface area contributed by atoms with Crippen molar-refractivity contribution in [2.75, 3.05) is 0 Å². The molecule has 0 spiro atoms. The van der Waals surface area contributed by atoms with Crippen LogP contribution in [0.15, 0.2) is 0 Å². The van der Waals surface area contributed by atoms with E-state index in [1.807, 2.05) is 0 Å². The van der Waals surface area contributed by atoms with E-state index in [-0.39, 0.29) is 55.8 Å². The molecular formula is CH3KOS2. The van der Waals surface area contributed by atoms with Crippen LogP contribution in [0.2, 0.25) is 0 Å². The van der Waals surface area contributed by atoms with Gasteiger partial charge in [-0.3, -0.25) is 0 Å². The molecule has 0 saturated carbocycles. The third-order valence-corrected chi connectivity index (χ3v) is 0. The van der Waals surface area contributed by atoms with Crippen molar-refractivity contribution in [3.05, 3.63) is 0 Å². The molecule has 0 aliphatic carbocycles. The fraction of sp³-hybridized carbons (Fsp3) is 0. The maximum atomic E-state index is 7.65. The van der Waals surface area contributed by atoms with E-state index in [1.165, 1.54) is 0 Å². The van der Waals surface area contributed by atoms with Gasteiger partial charge in [0.05, 0.1) is 0 Å². The van der Waals surface area contributed by atoms with E-state index in [1.54, 1.807) is 0 Å². The Labute approximate surface area is 84.0 Å². The van der Waals surface area contributed by atoms with Crippen LogP contribution in [0.5, 0.6) is 0 Å². The molecule has 0 atom stereocenters. The Bertz CT molecular complexity index is 32.6. The Balaban J connectivity index is 0. The van der Waals surface area contributed by atoms with Crippen molar-refractivity contribution in [2.24, 2.45) is 0 Å². The number of hydrogen-bond acceptors (Lipinski definition) is 1. The summed E-state index contributed by atoms with van der Waals surface area (Å²) in [5.41, 5.74) is 0. The summed E-state index contributed by atoms with van der Waals surface area (Å²) in [7, 11) is 0. The van der Waals surface area contributed by atoms with Gasteiger partial charge in [0.1, 0.15) is 0 Å². The van der Waals surface area contributed by atoms with Crippen LogP contribution in [0, 0.1) is 0 Å². The normalized spacial score (nSPS) is 5.00. The second kappa shape index (κ2) is 5.88. The Kier molecular flexibility index (Phi) is 11.7. The van der Waals surface area contributed by atoms with E-state index in [9.17, 15) is 0 Å². The van der Waals surface area contributed by atoms with Gasteiger partial charge in [-0.2, -0.15) is 0 Å². The van der Waals surface area contributed by atoms with E-state index in [4.69, 9.17) is 5.11 Å². The van der Waals surface area contributed by atoms with Crippen LogP contribution in [-0.4, -0.2) is 60.9 Å². The van der Waals surface area contributed by atoms with Gasteiger partial charge in [0.2, 0.25) is 4.38 Å². The summed E-state index contributed by atoms with van der Waals surface area (Å²) in [5, 5.41) is 7.65. The predicted octanol–water partition coefficient (Wildman–Crippen LogP) is 0.111. The van der Waals surface area contributed by atoms with Crippen LogP contribution in [0.3, 0.4) is 0 Å². The second-order valence-corrected chi connectivity index (χ2v) is 1.40. The molecule has 0 unspecified atom stereocenters. The maximum absolute atomic E-state index is 7.65. The van der Waals surface area contributed by atoms with Gasteiger partial charge < -0.3 is 5.11 Å². The summed E-state index contributed by atoms with van der Waals surface area (Å²) in [6, 6.07) is 0. The molecule has 26 valence electrons. The Hall–Kier alpha value is 1.88. The van der Waals surface area contributed by atoms with Crippen LogP contribution in [0.25, 0.3) is 0 Å². The summed E-state index contributed by atoms with van der Waals surface area (Å²) in [4.78, 5) is 0. The first-order chi connectivity index (χ1) is 1.73. The third-order valence-electron chi connectivity index (χ3n) is 0. The third kappa shape index (κ3) is 25.1. The molecule has 0 saturated heterocycles. The van der Waals surface area contributed by atoms with Crippen molar-refractivity contribution < 1.29 is 5.11 Å². The number of thiol groups is 1.